The van der Waals surface area contributed by atoms with Crippen molar-refractivity contribution in [3.63, 3.8) is 0 Å². The molecule has 0 unspecified atom stereocenters. The van der Waals surface area contributed by atoms with Crippen LogP contribution in [0.2, 0.25) is 0 Å². The zero-order valence-electron chi connectivity index (χ0n) is 3.14. The van der Waals surface area contributed by atoms with Crippen LogP contribution in [-0.4, -0.2) is 11.8 Å². The van der Waals surface area contributed by atoms with E-state index in [4.69, 9.17) is 5.26 Å². The van der Waals surface area contributed by atoms with Gasteiger partial charge < -0.3 is 10.3 Å². The minimum absolute atomic E-state index is 0. The first-order valence-electron chi connectivity index (χ1n) is 1.22. The number of carbonyl (C=O) groups is 1. The van der Waals surface area contributed by atoms with E-state index in [1.54, 1.807) is 6.07 Å². The second kappa shape index (κ2) is 8.92. The smallest absolute Gasteiger partial charge is 0.134 e. The van der Waals surface area contributed by atoms with Crippen LogP contribution in [0.1, 0.15) is 6.42 Å². The molecule has 0 aromatic heterocycles. The summed E-state index contributed by atoms with van der Waals surface area (Å²) < 4.78 is 0. The summed E-state index contributed by atoms with van der Waals surface area (Å²) in [5, 5.41) is 7.58. The lowest BCUT2D eigenvalue weighted by Crippen LogP contribution is -1.60. The molecule has 0 spiro atoms. The maximum atomic E-state index is 9.18. The van der Waals surface area contributed by atoms with Crippen LogP contribution < -0.4 is 0 Å². The van der Waals surface area contributed by atoms with Crippen LogP contribution in [0.5, 0.6) is 0 Å². The van der Waals surface area contributed by atoms with Crippen LogP contribution in [0.25, 0.3) is 0 Å². The standard InChI is InChI=1S/C3H3NO.H2O/c4-2-1-3-5;/h3H,1H2;1H2. The molecular weight excluding hydrogens is 82.0 g/mol. The van der Waals surface area contributed by atoms with Crippen molar-refractivity contribution in [3.8, 4) is 6.07 Å². The Morgan fingerprint density at radius 2 is 2.33 bits per heavy atom. The molecule has 2 N–H and O–H groups in total. The summed E-state index contributed by atoms with van der Waals surface area (Å²) in [5.74, 6) is 0. The molecule has 0 aliphatic rings. The Morgan fingerprint density at radius 1 is 1.83 bits per heavy atom. The molecule has 0 heterocycles. The molecule has 0 atom stereocenters. The molecule has 0 fully saturated rings. The van der Waals surface area contributed by atoms with Crippen molar-refractivity contribution < 1.29 is 10.3 Å². The molecule has 34 valence electrons. The molecule has 0 radical (unpaired) electrons. The maximum absolute atomic E-state index is 9.18. The van der Waals surface area contributed by atoms with Gasteiger partial charge in [-0.2, -0.15) is 5.26 Å². The SMILES string of the molecule is N#CCC=O.O. The van der Waals surface area contributed by atoms with Gasteiger partial charge >= 0.3 is 0 Å². The largest absolute Gasteiger partial charge is 0.412 e. The minimum Gasteiger partial charge on any atom is -0.412 e. The summed E-state index contributed by atoms with van der Waals surface area (Å²) in [6, 6.07) is 1.65. The molecule has 0 aromatic carbocycles. The topological polar surface area (TPSA) is 72.4 Å². The van der Waals surface area contributed by atoms with Crippen LogP contribution in [0.15, 0.2) is 0 Å². The van der Waals surface area contributed by atoms with Crippen molar-refractivity contribution in [2.75, 3.05) is 0 Å². The van der Waals surface area contributed by atoms with Crippen LogP contribution >= 0.6 is 0 Å². The molecule has 0 bridgehead atoms. The van der Waals surface area contributed by atoms with E-state index in [-0.39, 0.29) is 11.9 Å². The van der Waals surface area contributed by atoms with Crippen molar-refractivity contribution in [2.24, 2.45) is 0 Å². The van der Waals surface area contributed by atoms with Gasteiger partial charge in [-0.25, -0.2) is 0 Å². The van der Waals surface area contributed by atoms with Crippen molar-refractivity contribution in [1.29, 1.82) is 5.26 Å². The average molecular weight is 87.1 g/mol. The first kappa shape index (κ1) is 8.93. The lowest BCUT2D eigenvalue weighted by atomic mass is 10.5. The Balaban J connectivity index is 0. The van der Waals surface area contributed by atoms with Crippen LogP contribution in [0.4, 0.5) is 0 Å². The lowest BCUT2D eigenvalue weighted by Gasteiger charge is -1.50. The Hall–Kier alpha value is -0.880. The van der Waals surface area contributed by atoms with Crippen LogP contribution in [-0.2, 0) is 4.79 Å². The van der Waals surface area contributed by atoms with Gasteiger partial charge in [-0.3, -0.25) is 0 Å². The van der Waals surface area contributed by atoms with Gasteiger partial charge in [0.15, 0.2) is 0 Å². The molecule has 0 amide bonds. The van der Waals surface area contributed by atoms with Crippen molar-refractivity contribution in [3.05, 3.63) is 0 Å². The van der Waals surface area contributed by atoms with Crippen molar-refractivity contribution in [1.82, 2.24) is 0 Å². The first-order valence-corrected chi connectivity index (χ1v) is 1.22. The fourth-order valence-corrected chi connectivity index (χ4v) is 0.0373. The summed E-state index contributed by atoms with van der Waals surface area (Å²) >= 11 is 0. The van der Waals surface area contributed by atoms with Gasteiger partial charge in [0.05, 0.1) is 12.5 Å². The Morgan fingerprint density at radius 3 is 2.33 bits per heavy atom. The molecule has 0 rings (SSSR count). The minimum atomic E-state index is 0. The Bertz CT molecular complexity index is 63.7. The fourth-order valence-electron chi connectivity index (χ4n) is 0.0373. The van der Waals surface area contributed by atoms with E-state index in [1.807, 2.05) is 0 Å². The highest BCUT2D eigenvalue weighted by molar-refractivity contribution is 5.52. The Labute approximate surface area is 35.5 Å². The second-order valence-corrected chi connectivity index (χ2v) is 0.529. The molecular formula is C3H5NO2. The van der Waals surface area contributed by atoms with Gasteiger partial charge in [-0.15, -0.1) is 0 Å². The van der Waals surface area contributed by atoms with Crippen molar-refractivity contribution >= 4 is 6.29 Å². The number of nitrogens with zero attached hydrogens (tertiary/aromatic N) is 1. The monoisotopic (exact) mass is 87.0 g/mol. The first-order chi connectivity index (χ1) is 2.41. The van der Waals surface area contributed by atoms with Gasteiger partial charge in [0.2, 0.25) is 0 Å². The van der Waals surface area contributed by atoms with Gasteiger partial charge in [-0.1, -0.05) is 0 Å². The Kier molecular flexibility index (Phi) is 13.3. The fraction of sp³-hybridized carbons (Fsp3) is 0.333. The number of rotatable bonds is 1. The van der Waals surface area contributed by atoms with Gasteiger partial charge in [0, 0.05) is 0 Å². The van der Waals surface area contributed by atoms with E-state index in [0.717, 1.165) is 0 Å². The molecule has 3 nitrogen and oxygen atoms in total. The molecule has 0 saturated carbocycles. The highest BCUT2D eigenvalue weighted by atomic mass is 16.1. The van der Waals surface area contributed by atoms with E-state index in [1.165, 1.54) is 0 Å². The molecule has 0 aromatic rings. The van der Waals surface area contributed by atoms with Gasteiger partial charge in [-0.05, 0) is 0 Å². The average Bonchev–Trinajstić information content (AvgIpc) is 1.41. The van der Waals surface area contributed by atoms with Crippen molar-refractivity contribution in [2.45, 2.75) is 6.42 Å². The number of nitriles is 1. The summed E-state index contributed by atoms with van der Waals surface area (Å²) in [5.41, 5.74) is 0. The van der Waals surface area contributed by atoms with Crippen LogP contribution in [0.3, 0.4) is 0 Å². The lowest BCUT2D eigenvalue weighted by molar-refractivity contribution is -0.107. The number of carbonyl (C=O) groups excluding carboxylic acids is 1. The number of hydrogen-bond donors (Lipinski definition) is 0. The zero-order chi connectivity index (χ0) is 4.12. The van der Waals surface area contributed by atoms with Crippen LogP contribution in [0, 0.1) is 11.3 Å². The number of hydrogen-bond acceptors (Lipinski definition) is 2. The molecule has 0 aliphatic carbocycles. The molecule has 6 heavy (non-hydrogen) atoms. The highest BCUT2D eigenvalue weighted by Crippen LogP contribution is 1.55. The normalized spacial score (nSPS) is 4.50. The molecule has 0 saturated heterocycles. The van der Waals surface area contributed by atoms with E-state index < -0.39 is 0 Å². The zero-order valence-corrected chi connectivity index (χ0v) is 3.14. The summed E-state index contributed by atoms with van der Waals surface area (Å²) in [4.78, 5) is 9.18. The van der Waals surface area contributed by atoms with E-state index in [0.29, 0.717) is 6.29 Å². The van der Waals surface area contributed by atoms with Gasteiger partial charge in [0.25, 0.3) is 0 Å². The van der Waals surface area contributed by atoms with E-state index in [9.17, 15) is 4.79 Å². The third-order valence-electron chi connectivity index (χ3n) is 0.175. The summed E-state index contributed by atoms with van der Waals surface area (Å²) in [7, 11) is 0. The maximum Gasteiger partial charge on any atom is 0.134 e. The highest BCUT2D eigenvalue weighted by Gasteiger charge is 1.63. The van der Waals surface area contributed by atoms with E-state index >= 15 is 0 Å². The van der Waals surface area contributed by atoms with Gasteiger partial charge in [0.1, 0.15) is 6.29 Å². The third-order valence-corrected chi connectivity index (χ3v) is 0.175. The molecule has 0 aliphatic heterocycles. The predicted octanol–water partition coefficient (Wildman–Crippen LogP) is -0.726. The predicted molar refractivity (Wildman–Crippen MR) is 19.9 cm³/mol. The summed E-state index contributed by atoms with van der Waals surface area (Å²) in [6.07, 6.45) is 0.583. The quantitative estimate of drug-likeness (QED) is 0.395. The second-order valence-electron chi connectivity index (χ2n) is 0.529. The van der Waals surface area contributed by atoms with E-state index in [2.05, 4.69) is 0 Å². The summed E-state index contributed by atoms with van der Waals surface area (Å²) in [6.45, 7) is 0. The number of aldehydes is 1. The molecule has 3 heteroatoms. The third kappa shape index (κ3) is 11.2.